The van der Waals surface area contributed by atoms with Gasteiger partial charge in [-0.3, -0.25) is 23.4 Å². The van der Waals surface area contributed by atoms with Gasteiger partial charge in [0.2, 0.25) is 0 Å². The molecule has 11 nitrogen and oxygen atoms in total. The average molecular weight is 884 g/mol. The molecule has 0 bridgehead atoms. The highest BCUT2D eigenvalue weighted by Gasteiger charge is 2.28. The summed E-state index contributed by atoms with van der Waals surface area (Å²) in [7, 11) is -4.72. The predicted molar refractivity (Wildman–Crippen MR) is 249 cm³/mol. The topological polar surface area (TPSA) is 172 Å². The molecule has 0 saturated carbocycles. The van der Waals surface area contributed by atoms with Crippen LogP contribution >= 0.6 is 7.82 Å². The van der Waals surface area contributed by atoms with E-state index in [0.717, 1.165) is 64.2 Å². The molecule has 0 amide bonds. The summed E-state index contributed by atoms with van der Waals surface area (Å²) in [5.41, 5.74) is 5.34. The van der Waals surface area contributed by atoms with Gasteiger partial charge in [0.15, 0.2) is 6.10 Å². The fraction of sp³-hybridized carbons (Fsp3) is 0.816. The Morgan fingerprint density at radius 2 is 0.869 bits per heavy atom. The van der Waals surface area contributed by atoms with E-state index in [-0.39, 0.29) is 19.4 Å². The van der Waals surface area contributed by atoms with Gasteiger partial charge in [-0.05, 0) is 51.4 Å². The van der Waals surface area contributed by atoms with E-state index < -0.39 is 51.1 Å². The van der Waals surface area contributed by atoms with Gasteiger partial charge in [-0.2, -0.15) is 0 Å². The summed E-state index contributed by atoms with van der Waals surface area (Å²) < 4.78 is 32.8. The number of hydrogen-bond donors (Lipinski definition) is 3. The van der Waals surface area contributed by atoms with Gasteiger partial charge in [0.1, 0.15) is 12.6 Å². The fourth-order valence-corrected chi connectivity index (χ4v) is 7.56. The Labute approximate surface area is 372 Å². The van der Waals surface area contributed by atoms with Crippen molar-refractivity contribution in [3.63, 3.8) is 0 Å². The average Bonchev–Trinajstić information content (AvgIpc) is 3.24. The van der Waals surface area contributed by atoms with Crippen LogP contribution in [0, 0.1) is 0 Å². The molecule has 0 saturated heterocycles. The monoisotopic (exact) mass is 884 g/mol. The minimum atomic E-state index is -4.72. The van der Waals surface area contributed by atoms with E-state index in [0.29, 0.717) is 12.8 Å². The lowest BCUT2D eigenvalue weighted by molar-refractivity contribution is -0.161. The standard InChI is InChI=1S/C49H90NO10P/c1-3-5-7-9-11-13-15-17-19-21-22-23-25-26-28-30-32-34-36-38-40-47(51)57-42-45(43-58-61(55,56)59-44-46(50)49(53)54)60-48(52)41-39-37-35-33-31-29-27-24-20-18-16-14-12-10-8-6-4-2/h12,14,18,20,27,29,45-46H,3-11,13,15-17,19,21-26,28,30-44,50H2,1-2H3,(H,53,54)(H,55,56)/b14-12+,20-18+,29-27+/t45-,46+/m1/s1. The highest BCUT2D eigenvalue weighted by molar-refractivity contribution is 7.47. The first-order chi connectivity index (χ1) is 29.6. The third kappa shape index (κ3) is 44.1. The lowest BCUT2D eigenvalue weighted by Crippen LogP contribution is -2.34. The van der Waals surface area contributed by atoms with Gasteiger partial charge in [0, 0.05) is 12.8 Å². The second-order valence-electron chi connectivity index (χ2n) is 16.6. The van der Waals surface area contributed by atoms with Crippen molar-refractivity contribution in [2.45, 2.75) is 238 Å². The fourth-order valence-electron chi connectivity index (χ4n) is 6.78. The molecule has 0 fully saturated rings. The Kier molecular flexibility index (Phi) is 42.6. The second kappa shape index (κ2) is 44.3. The minimum Gasteiger partial charge on any atom is -0.480 e. The van der Waals surface area contributed by atoms with Gasteiger partial charge in [-0.25, -0.2) is 4.57 Å². The van der Waals surface area contributed by atoms with Crippen molar-refractivity contribution in [3.8, 4) is 0 Å². The number of nitrogens with two attached hydrogens (primary N) is 1. The van der Waals surface area contributed by atoms with Crippen LogP contribution in [-0.4, -0.2) is 59.9 Å². The van der Waals surface area contributed by atoms with Crippen molar-refractivity contribution in [1.82, 2.24) is 0 Å². The maximum absolute atomic E-state index is 12.7. The molecule has 4 N–H and O–H groups in total. The minimum absolute atomic E-state index is 0.137. The number of hydrogen-bond acceptors (Lipinski definition) is 9. The number of unbranched alkanes of at least 4 members (excludes halogenated alkanes) is 26. The number of carbonyl (C=O) groups is 3. The SMILES string of the molecule is CCCCC/C=C/C/C=C/C/C=C/CCCCCCC(=O)O[C@H](COC(=O)CCCCCCCCCCCCCCCCCCCCCC)COP(=O)(O)OC[C@H](N)C(=O)O. The molecule has 0 aliphatic rings. The lowest BCUT2D eigenvalue weighted by atomic mass is 10.0. The van der Waals surface area contributed by atoms with Crippen LogP contribution in [0.5, 0.6) is 0 Å². The smallest absolute Gasteiger partial charge is 0.472 e. The van der Waals surface area contributed by atoms with Gasteiger partial charge in [0.05, 0.1) is 13.2 Å². The third-order valence-corrected chi connectivity index (χ3v) is 11.6. The van der Waals surface area contributed by atoms with Crippen molar-refractivity contribution < 1.29 is 47.5 Å². The quantitative estimate of drug-likeness (QED) is 0.0230. The van der Waals surface area contributed by atoms with E-state index in [9.17, 15) is 23.8 Å². The number of phosphoric acid groups is 1. The van der Waals surface area contributed by atoms with Crippen molar-refractivity contribution >= 4 is 25.7 Å². The van der Waals surface area contributed by atoms with Crippen molar-refractivity contribution in [3.05, 3.63) is 36.5 Å². The van der Waals surface area contributed by atoms with Crippen molar-refractivity contribution in [2.24, 2.45) is 5.73 Å². The number of carboxylic acids is 1. The number of allylic oxidation sites excluding steroid dienone is 6. The summed E-state index contributed by atoms with van der Waals surface area (Å²) in [5, 5.41) is 8.91. The first kappa shape index (κ1) is 58.7. The lowest BCUT2D eigenvalue weighted by Gasteiger charge is -2.20. The number of esters is 2. The Bertz CT molecular complexity index is 1180. The molecule has 0 heterocycles. The van der Waals surface area contributed by atoms with E-state index in [4.69, 9.17) is 24.8 Å². The normalized spacial score (nSPS) is 13.9. The predicted octanol–water partition coefficient (Wildman–Crippen LogP) is 13.6. The molecule has 0 aromatic carbocycles. The van der Waals surface area contributed by atoms with E-state index in [1.54, 1.807) is 0 Å². The zero-order valence-electron chi connectivity index (χ0n) is 38.8. The van der Waals surface area contributed by atoms with Crippen LogP contribution in [0.3, 0.4) is 0 Å². The molecule has 1 unspecified atom stereocenters. The van der Waals surface area contributed by atoms with E-state index in [1.165, 1.54) is 122 Å². The summed E-state index contributed by atoms with van der Waals surface area (Å²) in [6.07, 6.45) is 49.2. The highest BCUT2D eigenvalue weighted by atomic mass is 31.2. The van der Waals surface area contributed by atoms with Crippen LogP contribution in [-0.2, 0) is 37.5 Å². The molecule has 61 heavy (non-hydrogen) atoms. The van der Waals surface area contributed by atoms with Gasteiger partial charge < -0.3 is 25.2 Å². The van der Waals surface area contributed by atoms with Gasteiger partial charge in [-0.15, -0.1) is 0 Å². The molecule has 0 spiro atoms. The summed E-state index contributed by atoms with van der Waals surface area (Å²) in [6.45, 7) is 2.79. The maximum atomic E-state index is 12.7. The van der Waals surface area contributed by atoms with Gasteiger partial charge in [0.25, 0.3) is 0 Å². The molecule has 356 valence electrons. The Hall–Kier alpha value is -2.30. The van der Waals surface area contributed by atoms with E-state index in [2.05, 4.69) is 54.8 Å². The van der Waals surface area contributed by atoms with E-state index in [1.807, 2.05) is 0 Å². The molecule has 0 aliphatic heterocycles. The molecular formula is C49H90NO10P. The molecular weight excluding hydrogens is 794 g/mol. The summed E-state index contributed by atoms with van der Waals surface area (Å²) in [4.78, 5) is 46.1. The number of carbonyl (C=O) groups excluding carboxylic acids is 2. The van der Waals surface area contributed by atoms with Crippen molar-refractivity contribution in [1.29, 1.82) is 0 Å². The zero-order chi connectivity index (χ0) is 44.9. The number of ether oxygens (including phenoxy) is 2. The van der Waals surface area contributed by atoms with E-state index >= 15 is 0 Å². The molecule has 0 rings (SSSR count). The second-order valence-corrected chi connectivity index (χ2v) is 18.1. The van der Waals surface area contributed by atoms with Crippen LogP contribution < -0.4 is 5.73 Å². The Balaban J connectivity index is 4.28. The molecule has 0 aromatic heterocycles. The van der Waals surface area contributed by atoms with Crippen LogP contribution in [0.25, 0.3) is 0 Å². The first-order valence-electron chi connectivity index (χ1n) is 24.5. The Morgan fingerprint density at radius 1 is 0.508 bits per heavy atom. The number of aliphatic carboxylic acids is 1. The number of rotatable bonds is 46. The van der Waals surface area contributed by atoms with Crippen LogP contribution in [0.15, 0.2) is 36.5 Å². The van der Waals surface area contributed by atoms with Crippen LogP contribution in [0.1, 0.15) is 226 Å². The van der Waals surface area contributed by atoms with Crippen LogP contribution in [0.2, 0.25) is 0 Å². The largest absolute Gasteiger partial charge is 0.480 e. The number of phosphoric ester groups is 1. The molecule has 0 aromatic rings. The van der Waals surface area contributed by atoms with Gasteiger partial charge >= 0.3 is 25.7 Å². The van der Waals surface area contributed by atoms with Gasteiger partial charge in [-0.1, -0.05) is 198 Å². The molecule has 0 radical (unpaired) electrons. The van der Waals surface area contributed by atoms with Crippen molar-refractivity contribution in [2.75, 3.05) is 19.8 Å². The number of carboxylic acid groups (broad SMARTS) is 1. The molecule has 0 aliphatic carbocycles. The Morgan fingerprint density at radius 3 is 1.33 bits per heavy atom. The summed E-state index contributed by atoms with van der Waals surface area (Å²) >= 11 is 0. The highest BCUT2D eigenvalue weighted by Crippen LogP contribution is 2.43. The molecule has 12 heteroatoms. The van der Waals surface area contributed by atoms with Crippen LogP contribution in [0.4, 0.5) is 0 Å². The first-order valence-corrected chi connectivity index (χ1v) is 26.0. The summed E-state index contributed by atoms with van der Waals surface area (Å²) in [6, 6.07) is -1.52. The third-order valence-electron chi connectivity index (χ3n) is 10.6. The summed E-state index contributed by atoms with van der Waals surface area (Å²) in [5.74, 6) is -2.40. The molecule has 3 atom stereocenters. The maximum Gasteiger partial charge on any atom is 0.472 e. The zero-order valence-corrected chi connectivity index (χ0v) is 39.7.